The third kappa shape index (κ3) is 3.06. The van der Waals surface area contributed by atoms with Gasteiger partial charge >= 0.3 is 5.97 Å². The van der Waals surface area contributed by atoms with Gasteiger partial charge in [-0.05, 0) is 31.2 Å². The number of hydrogen-bond acceptors (Lipinski definition) is 4. The summed E-state index contributed by atoms with van der Waals surface area (Å²) in [7, 11) is 0. The fraction of sp³-hybridized carbons (Fsp3) is 0.375. The summed E-state index contributed by atoms with van der Waals surface area (Å²) in [6.45, 7) is 2.34. The topological polar surface area (TPSA) is 70.7 Å². The van der Waals surface area contributed by atoms with Gasteiger partial charge in [0.15, 0.2) is 0 Å². The van der Waals surface area contributed by atoms with Gasteiger partial charge in [0.05, 0.1) is 18.4 Å². The molecule has 0 unspecified atom stereocenters. The van der Waals surface area contributed by atoms with Gasteiger partial charge in [0.1, 0.15) is 12.2 Å². The molecule has 0 aromatic carbocycles. The lowest BCUT2D eigenvalue weighted by Crippen LogP contribution is -2.33. The van der Waals surface area contributed by atoms with Crippen LogP contribution in [0.2, 0.25) is 0 Å². The summed E-state index contributed by atoms with van der Waals surface area (Å²) in [5.41, 5.74) is 1.10. The number of hydrogen-bond donors (Lipinski definition) is 1. The van der Waals surface area contributed by atoms with E-state index in [0.717, 1.165) is 17.7 Å². The molecule has 0 bridgehead atoms. The molecule has 1 N–H and O–H groups in total. The van der Waals surface area contributed by atoms with Crippen LogP contribution < -0.4 is 0 Å². The fourth-order valence-electron chi connectivity index (χ4n) is 2.52. The molecule has 1 aliphatic rings. The van der Waals surface area contributed by atoms with Gasteiger partial charge in [-0.2, -0.15) is 0 Å². The Kier molecular flexibility index (Phi) is 4.02. The third-order valence-electron chi connectivity index (χ3n) is 3.73. The molecule has 1 fully saturated rings. The van der Waals surface area contributed by atoms with Crippen molar-refractivity contribution in [2.75, 3.05) is 0 Å². The van der Waals surface area contributed by atoms with Crippen LogP contribution in [0.5, 0.6) is 0 Å². The molecule has 0 aliphatic heterocycles. The van der Waals surface area contributed by atoms with Gasteiger partial charge in [-0.25, -0.2) is 0 Å². The first-order valence-corrected chi connectivity index (χ1v) is 8.06. The van der Waals surface area contributed by atoms with E-state index < -0.39 is 5.97 Å². The summed E-state index contributed by atoms with van der Waals surface area (Å²) >= 11 is 1.62. The van der Waals surface area contributed by atoms with Crippen LogP contribution in [-0.4, -0.2) is 27.9 Å². The fourth-order valence-corrected chi connectivity index (χ4v) is 3.22. The van der Waals surface area contributed by atoms with Crippen molar-refractivity contribution in [2.45, 2.75) is 38.8 Å². The molecule has 22 heavy (non-hydrogen) atoms. The van der Waals surface area contributed by atoms with E-state index in [1.165, 1.54) is 6.26 Å². The molecule has 6 heteroatoms. The van der Waals surface area contributed by atoms with E-state index in [0.29, 0.717) is 17.7 Å². The number of aryl methyl sites for hydroxylation is 1. The summed E-state index contributed by atoms with van der Waals surface area (Å²) in [4.78, 5) is 26.8. The number of thiophene rings is 1. The second-order valence-electron chi connectivity index (χ2n) is 5.53. The zero-order valence-electron chi connectivity index (χ0n) is 12.2. The molecule has 1 saturated carbocycles. The van der Waals surface area contributed by atoms with Gasteiger partial charge in [0.2, 0.25) is 0 Å². The highest BCUT2D eigenvalue weighted by molar-refractivity contribution is 7.09. The molecule has 1 aliphatic carbocycles. The highest BCUT2D eigenvalue weighted by Gasteiger charge is 2.35. The van der Waals surface area contributed by atoms with E-state index >= 15 is 0 Å². The number of aliphatic carboxylic acids is 1. The SMILES string of the molecule is Cc1coc(CC(=O)O)c1C(=O)N(Cc1cccs1)C1CC1. The maximum atomic E-state index is 12.9. The monoisotopic (exact) mass is 319 g/mol. The summed E-state index contributed by atoms with van der Waals surface area (Å²) in [5.74, 6) is -0.884. The predicted molar refractivity (Wildman–Crippen MR) is 82.0 cm³/mol. The van der Waals surface area contributed by atoms with Crippen molar-refractivity contribution < 1.29 is 19.1 Å². The van der Waals surface area contributed by atoms with Crippen molar-refractivity contribution >= 4 is 23.2 Å². The summed E-state index contributed by atoms with van der Waals surface area (Å²) in [6, 6.07) is 4.23. The van der Waals surface area contributed by atoms with Gasteiger partial charge in [0.25, 0.3) is 5.91 Å². The molecule has 116 valence electrons. The number of carboxylic acids is 1. The third-order valence-corrected chi connectivity index (χ3v) is 4.59. The number of rotatable bonds is 6. The number of carbonyl (C=O) groups excluding carboxylic acids is 1. The molecule has 3 rings (SSSR count). The number of furan rings is 1. The molecule has 1 amide bonds. The molecule has 2 aromatic heterocycles. The first-order chi connectivity index (χ1) is 10.6. The minimum atomic E-state index is -1.00. The average Bonchev–Trinajstić information content (AvgIpc) is 3.05. The standard InChI is InChI=1S/C16H17NO4S/c1-10-9-21-13(7-14(18)19)15(10)16(20)17(11-4-5-11)8-12-3-2-6-22-12/h2-3,6,9,11H,4-5,7-8H2,1H3,(H,18,19). The first kappa shape index (κ1) is 14.8. The van der Waals surface area contributed by atoms with Gasteiger partial charge in [-0.15, -0.1) is 11.3 Å². The molecule has 0 atom stereocenters. The van der Waals surface area contributed by atoms with E-state index in [1.807, 2.05) is 22.4 Å². The largest absolute Gasteiger partial charge is 0.481 e. The van der Waals surface area contributed by atoms with Crippen LogP contribution in [0.15, 0.2) is 28.2 Å². The summed E-state index contributed by atoms with van der Waals surface area (Å²) < 4.78 is 5.29. The molecule has 2 heterocycles. The minimum absolute atomic E-state index is 0.126. The minimum Gasteiger partial charge on any atom is -0.481 e. The van der Waals surface area contributed by atoms with Crippen LogP contribution in [0.3, 0.4) is 0 Å². The number of carboxylic acid groups (broad SMARTS) is 1. The Labute approximate surface area is 132 Å². The summed E-state index contributed by atoms with van der Waals surface area (Å²) in [5, 5.41) is 11.0. The molecule has 0 saturated heterocycles. The molecular weight excluding hydrogens is 302 g/mol. The Bertz CT molecular complexity index is 685. The van der Waals surface area contributed by atoms with Crippen LogP contribution in [0.25, 0.3) is 0 Å². The molecular formula is C16H17NO4S. The van der Waals surface area contributed by atoms with Gasteiger partial charge in [-0.1, -0.05) is 6.07 Å². The quantitative estimate of drug-likeness (QED) is 0.888. The van der Waals surface area contributed by atoms with Crippen molar-refractivity contribution in [1.82, 2.24) is 4.90 Å². The van der Waals surface area contributed by atoms with Gasteiger partial charge in [-0.3, -0.25) is 9.59 Å². The number of carbonyl (C=O) groups is 2. The average molecular weight is 319 g/mol. The Morgan fingerprint density at radius 1 is 1.45 bits per heavy atom. The highest BCUT2D eigenvalue weighted by atomic mass is 32.1. The van der Waals surface area contributed by atoms with Crippen LogP contribution in [-0.2, 0) is 17.8 Å². The molecule has 2 aromatic rings. The number of amides is 1. The zero-order valence-corrected chi connectivity index (χ0v) is 13.1. The Morgan fingerprint density at radius 2 is 2.23 bits per heavy atom. The van der Waals surface area contributed by atoms with Crippen molar-refractivity contribution in [3.05, 3.63) is 45.5 Å². The van der Waals surface area contributed by atoms with Crippen LogP contribution in [0.4, 0.5) is 0 Å². The molecule has 0 radical (unpaired) electrons. The Hall–Kier alpha value is -2.08. The van der Waals surface area contributed by atoms with E-state index in [1.54, 1.807) is 18.3 Å². The Balaban J connectivity index is 1.87. The van der Waals surface area contributed by atoms with Crippen molar-refractivity contribution in [1.29, 1.82) is 0 Å². The van der Waals surface area contributed by atoms with E-state index in [-0.39, 0.29) is 24.1 Å². The van der Waals surface area contributed by atoms with Crippen molar-refractivity contribution in [2.24, 2.45) is 0 Å². The van der Waals surface area contributed by atoms with Crippen LogP contribution >= 0.6 is 11.3 Å². The van der Waals surface area contributed by atoms with Gasteiger partial charge < -0.3 is 14.4 Å². The van der Waals surface area contributed by atoms with Crippen molar-refractivity contribution in [3.63, 3.8) is 0 Å². The van der Waals surface area contributed by atoms with Gasteiger partial charge in [0, 0.05) is 16.5 Å². The highest BCUT2D eigenvalue weighted by Crippen LogP contribution is 2.32. The van der Waals surface area contributed by atoms with E-state index in [4.69, 9.17) is 9.52 Å². The van der Waals surface area contributed by atoms with Crippen LogP contribution in [0, 0.1) is 6.92 Å². The second-order valence-corrected chi connectivity index (χ2v) is 6.56. The molecule has 5 nitrogen and oxygen atoms in total. The maximum absolute atomic E-state index is 12.9. The lowest BCUT2D eigenvalue weighted by molar-refractivity contribution is -0.136. The normalized spacial score (nSPS) is 14.0. The zero-order chi connectivity index (χ0) is 15.7. The van der Waals surface area contributed by atoms with E-state index in [2.05, 4.69) is 0 Å². The first-order valence-electron chi connectivity index (χ1n) is 7.18. The second kappa shape index (κ2) is 5.96. The van der Waals surface area contributed by atoms with Crippen molar-refractivity contribution in [3.8, 4) is 0 Å². The smallest absolute Gasteiger partial charge is 0.311 e. The molecule has 0 spiro atoms. The lowest BCUT2D eigenvalue weighted by atomic mass is 10.1. The Morgan fingerprint density at radius 3 is 2.82 bits per heavy atom. The van der Waals surface area contributed by atoms with E-state index in [9.17, 15) is 9.59 Å². The summed E-state index contributed by atoms with van der Waals surface area (Å²) in [6.07, 6.45) is 3.19. The number of nitrogens with zero attached hydrogens (tertiary/aromatic N) is 1. The van der Waals surface area contributed by atoms with Crippen LogP contribution in [0.1, 0.15) is 39.4 Å². The lowest BCUT2D eigenvalue weighted by Gasteiger charge is -2.22. The maximum Gasteiger partial charge on any atom is 0.311 e. The predicted octanol–water partition coefficient (Wildman–Crippen LogP) is 3.08.